The molecule has 0 bridgehead atoms. The van der Waals surface area contributed by atoms with Crippen LogP contribution < -0.4 is 5.32 Å². The third-order valence-electron chi connectivity index (χ3n) is 16.2. The lowest BCUT2D eigenvalue weighted by atomic mass is 9.32. The van der Waals surface area contributed by atoms with Crippen LogP contribution in [-0.4, -0.2) is 52.6 Å². The number of carboxylic acid groups (broad SMARTS) is 2. The van der Waals surface area contributed by atoms with E-state index in [-0.39, 0.29) is 39.5 Å². The molecule has 4 fully saturated rings. The molecular formula is C45H60N2O5. The number of hydrogen-bond acceptors (Lipinski definition) is 4. The average molecular weight is 709 g/mol. The summed E-state index contributed by atoms with van der Waals surface area (Å²) in [5.74, 6) is 0.557. The van der Waals surface area contributed by atoms with E-state index in [9.17, 15) is 24.6 Å². The summed E-state index contributed by atoms with van der Waals surface area (Å²) in [5.41, 5.74) is 4.13. The fraction of sp³-hybridized carbons (Fsp3) is 0.622. The molecule has 4 saturated carbocycles. The van der Waals surface area contributed by atoms with Gasteiger partial charge in [0.1, 0.15) is 0 Å². The van der Waals surface area contributed by atoms with Gasteiger partial charge < -0.3 is 15.5 Å². The van der Waals surface area contributed by atoms with Crippen LogP contribution in [0.2, 0.25) is 0 Å². The number of carboxylic acids is 2. The highest BCUT2D eigenvalue weighted by Gasteiger charge is 2.70. The van der Waals surface area contributed by atoms with Crippen molar-refractivity contribution in [2.45, 2.75) is 105 Å². The molecule has 7 rings (SSSR count). The predicted octanol–water partition coefficient (Wildman–Crippen LogP) is 8.94. The summed E-state index contributed by atoms with van der Waals surface area (Å²) in [6, 6.07) is 17.4. The number of rotatable bonds is 10. The lowest BCUT2D eigenvalue weighted by molar-refractivity contribution is -0.222. The Hall–Kier alpha value is -3.45. The van der Waals surface area contributed by atoms with Crippen LogP contribution in [0, 0.1) is 50.7 Å². The van der Waals surface area contributed by atoms with Crippen molar-refractivity contribution >= 4 is 23.4 Å². The first-order chi connectivity index (χ1) is 24.7. The Labute approximate surface area is 310 Å². The third kappa shape index (κ3) is 5.84. The van der Waals surface area contributed by atoms with Gasteiger partial charge in [0.2, 0.25) is 5.91 Å². The predicted molar refractivity (Wildman–Crippen MR) is 204 cm³/mol. The van der Waals surface area contributed by atoms with Gasteiger partial charge in [-0.25, -0.2) is 4.79 Å². The van der Waals surface area contributed by atoms with Crippen LogP contribution in [0.4, 0.5) is 0 Å². The molecule has 7 nitrogen and oxygen atoms in total. The minimum atomic E-state index is -0.885. The van der Waals surface area contributed by atoms with Gasteiger partial charge in [0.15, 0.2) is 0 Å². The molecular weight excluding hydrogens is 649 g/mol. The number of fused-ring (bicyclic) bond motifs is 7. The first kappa shape index (κ1) is 36.9. The van der Waals surface area contributed by atoms with E-state index in [1.807, 2.05) is 47.4 Å². The number of carbonyl (C=O) groups is 3. The summed E-state index contributed by atoms with van der Waals surface area (Å²) < 4.78 is 0. The molecule has 280 valence electrons. The summed E-state index contributed by atoms with van der Waals surface area (Å²) in [5, 5.41) is 22.4. The van der Waals surface area contributed by atoms with Crippen LogP contribution in [0.15, 0.2) is 60.7 Å². The standard InChI is InChI=1S/C45H60N2O5/c1-41(2)33(31-13-15-32(16-14-31)39(50)51)19-22-42(3)36(41)20-23-44(5)37(42)18-17-34-35-12-9-21-45(35,25-24-43(34,44)4)40(52)46-26-27-47(29-38(48)49)28-30-10-7-6-8-11-30/h6-8,10-11,13-16,19,34-37H,9,12,17-18,20-29H2,1-5H3,(H,46,52)(H,48,49)(H,50,51)/t34-,35-,36+,37-,42+,43-,44-,45+/m1/s1. The second kappa shape index (κ2) is 13.4. The Balaban J connectivity index is 1.08. The topological polar surface area (TPSA) is 107 Å². The van der Waals surface area contributed by atoms with Crippen LogP contribution in [0.5, 0.6) is 0 Å². The van der Waals surface area contributed by atoms with E-state index < -0.39 is 11.9 Å². The van der Waals surface area contributed by atoms with Gasteiger partial charge >= 0.3 is 11.9 Å². The molecule has 2 aromatic carbocycles. The zero-order valence-electron chi connectivity index (χ0n) is 32.0. The largest absolute Gasteiger partial charge is 0.480 e. The van der Waals surface area contributed by atoms with Gasteiger partial charge in [-0.1, -0.05) is 89.6 Å². The molecule has 2 aromatic rings. The first-order valence-corrected chi connectivity index (χ1v) is 20.0. The lowest BCUT2D eigenvalue weighted by Crippen LogP contribution is -2.66. The Bertz CT molecular complexity index is 1720. The minimum absolute atomic E-state index is 0.0246. The van der Waals surface area contributed by atoms with Crippen molar-refractivity contribution in [3.8, 4) is 0 Å². The summed E-state index contributed by atoms with van der Waals surface area (Å²) >= 11 is 0. The van der Waals surface area contributed by atoms with Crippen LogP contribution in [0.25, 0.3) is 5.57 Å². The van der Waals surface area contributed by atoms with E-state index in [0.717, 1.165) is 49.7 Å². The zero-order chi connectivity index (χ0) is 37.1. The summed E-state index contributed by atoms with van der Waals surface area (Å²) in [6.07, 6.45) is 13.6. The van der Waals surface area contributed by atoms with Gasteiger partial charge in [0.25, 0.3) is 0 Å². The average Bonchev–Trinajstić information content (AvgIpc) is 3.54. The Kier molecular flexibility index (Phi) is 9.54. The zero-order valence-corrected chi connectivity index (χ0v) is 32.0. The van der Waals surface area contributed by atoms with E-state index in [4.69, 9.17) is 0 Å². The third-order valence-corrected chi connectivity index (χ3v) is 16.2. The van der Waals surface area contributed by atoms with E-state index in [2.05, 4.69) is 46.0 Å². The van der Waals surface area contributed by atoms with Crippen molar-refractivity contribution in [1.29, 1.82) is 0 Å². The molecule has 8 atom stereocenters. The normalized spacial score (nSPS) is 36.1. The van der Waals surface area contributed by atoms with E-state index >= 15 is 0 Å². The molecule has 0 aromatic heterocycles. The summed E-state index contributed by atoms with van der Waals surface area (Å²) in [7, 11) is 0. The van der Waals surface area contributed by atoms with Crippen molar-refractivity contribution < 1.29 is 24.6 Å². The molecule has 5 aliphatic rings. The molecule has 0 spiro atoms. The molecule has 0 aliphatic heterocycles. The molecule has 0 saturated heterocycles. The first-order valence-electron chi connectivity index (χ1n) is 20.0. The highest BCUT2D eigenvalue weighted by Crippen LogP contribution is 2.77. The molecule has 0 radical (unpaired) electrons. The molecule has 5 aliphatic carbocycles. The second-order valence-electron chi connectivity index (χ2n) is 18.6. The minimum Gasteiger partial charge on any atom is -0.480 e. The van der Waals surface area contributed by atoms with Crippen molar-refractivity contribution in [3.63, 3.8) is 0 Å². The van der Waals surface area contributed by atoms with Crippen LogP contribution in [-0.2, 0) is 16.1 Å². The number of aliphatic carboxylic acids is 1. The van der Waals surface area contributed by atoms with Crippen LogP contribution in [0.1, 0.15) is 120 Å². The van der Waals surface area contributed by atoms with Gasteiger partial charge in [0.05, 0.1) is 17.5 Å². The van der Waals surface area contributed by atoms with Gasteiger partial charge in [-0.15, -0.1) is 0 Å². The highest BCUT2D eigenvalue weighted by molar-refractivity contribution is 5.88. The van der Waals surface area contributed by atoms with Crippen molar-refractivity contribution in [3.05, 3.63) is 77.4 Å². The van der Waals surface area contributed by atoms with Crippen LogP contribution in [0.3, 0.4) is 0 Å². The quantitative estimate of drug-likeness (QED) is 0.228. The van der Waals surface area contributed by atoms with Crippen molar-refractivity contribution in [2.75, 3.05) is 19.6 Å². The number of aromatic carboxylic acids is 1. The number of carbonyl (C=O) groups excluding carboxylic acids is 1. The number of nitrogens with one attached hydrogen (secondary N) is 1. The van der Waals surface area contributed by atoms with Gasteiger partial charge in [-0.3, -0.25) is 14.5 Å². The number of allylic oxidation sites excluding steroid dienone is 2. The van der Waals surface area contributed by atoms with Crippen molar-refractivity contribution in [2.24, 2.45) is 50.7 Å². The van der Waals surface area contributed by atoms with Crippen molar-refractivity contribution in [1.82, 2.24) is 10.2 Å². The Morgan fingerprint density at radius 1 is 0.788 bits per heavy atom. The van der Waals surface area contributed by atoms with E-state index in [0.29, 0.717) is 48.9 Å². The highest BCUT2D eigenvalue weighted by atomic mass is 16.4. The number of nitrogens with zero attached hydrogens (tertiary/aromatic N) is 1. The SMILES string of the molecule is CC1(C)C(c2ccc(C(=O)O)cc2)=CC[C@]2(C)[C@H]3CC[C@@H]4[C@H]5CCC[C@]5(C(=O)NCCN(CC(=O)O)Cc5ccccc5)CC[C@@]4(C)[C@]3(C)CC[C@@H]12. The van der Waals surface area contributed by atoms with E-state index in [1.54, 1.807) is 12.1 Å². The van der Waals surface area contributed by atoms with Gasteiger partial charge in [-0.2, -0.15) is 0 Å². The number of amides is 1. The smallest absolute Gasteiger partial charge is 0.335 e. The Morgan fingerprint density at radius 3 is 2.21 bits per heavy atom. The number of hydrogen-bond donors (Lipinski definition) is 3. The van der Waals surface area contributed by atoms with Crippen LogP contribution >= 0.6 is 0 Å². The molecule has 1 amide bonds. The molecule has 3 N–H and O–H groups in total. The molecule has 0 unspecified atom stereocenters. The lowest BCUT2D eigenvalue weighted by Gasteiger charge is -2.72. The van der Waals surface area contributed by atoms with E-state index in [1.165, 1.54) is 31.3 Å². The molecule has 52 heavy (non-hydrogen) atoms. The maximum atomic E-state index is 14.3. The number of benzene rings is 2. The summed E-state index contributed by atoms with van der Waals surface area (Å²) in [6.45, 7) is 14.2. The maximum absolute atomic E-state index is 14.3. The monoisotopic (exact) mass is 708 g/mol. The fourth-order valence-electron chi connectivity index (χ4n) is 13.6. The summed E-state index contributed by atoms with van der Waals surface area (Å²) in [4.78, 5) is 39.5. The fourth-order valence-corrected chi connectivity index (χ4v) is 13.6. The second-order valence-corrected chi connectivity index (χ2v) is 18.6. The molecule has 7 heteroatoms. The van der Waals surface area contributed by atoms with Gasteiger partial charge in [0, 0.05) is 19.6 Å². The van der Waals surface area contributed by atoms with Gasteiger partial charge in [-0.05, 0) is 132 Å². The molecule has 0 heterocycles. The Morgan fingerprint density at radius 2 is 1.52 bits per heavy atom. The maximum Gasteiger partial charge on any atom is 0.335 e.